The summed E-state index contributed by atoms with van der Waals surface area (Å²) in [6, 6.07) is 0. The zero-order valence-corrected chi connectivity index (χ0v) is 16.3. The Hall–Kier alpha value is -1.87. The molecule has 27 heavy (non-hydrogen) atoms. The highest BCUT2D eigenvalue weighted by Crippen LogP contribution is 2.31. The van der Waals surface area contributed by atoms with Gasteiger partial charge in [-0.3, -0.25) is 9.52 Å². The van der Waals surface area contributed by atoms with Crippen molar-refractivity contribution in [1.29, 1.82) is 5.41 Å². The Labute approximate surface area is 164 Å². The number of carbonyl (C=O) groups is 1. The summed E-state index contributed by atoms with van der Waals surface area (Å²) in [5.74, 6) is 0.532. The van der Waals surface area contributed by atoms with E-state index >= 15 is 0 Å². The van der Waals surface area contributed by atoms with Crippen molar-refractivity contribution in [3.8, 4) is 0 Å². The lowest BCUT2D eigenvalue weighted by molar-refractivity contribution is -0.137. The van der Waals surface area contributed by atoms with Crippen LogP contribution in [0.25, 0.3) is 0 Å². The van der Waals surface area contributed by atoms with Gasteiger partial charge in [0.25, 0.3) is 0 Å². The summed E-state index contributed by atoms with van der Waals surface area (Å²) in [6.45, 7) is 0.335. The first-order valence-corrected chi connectivity index (χ1v) is 10.3. The lowest BCUT2D eigenvalue weighted by Crippen LogP contribution is -2.10. The third kappa shape index (κ3) is 7.72. The molecule has 1 atom stereocenters. The molecule has 1 aliphatic rings. The van der Waals surface area contributed by atoms with Crippen LogP contribution < -0.4 is 10.5 Å². The van der Waals surface area contributed by atoms with E-state index in [4.69, 9.17) is 15.7 Å². The van der Waals surface area contributed by atoms with E-state index in [1.54, 1.807) is 0 Å². The maximum atomic E-state index is 11.2. The first-order chi connectivity index (χ1) is 13.1. The molecule has 1 aliphatic carbocycles. The molecule has 1 heterocycles. The standard InChI is InChI=1S/C18H29N5O3S/c19-10-15(11-20)27-21-12-16-22-18(26-23-16)14(9-17(24)25)8-4-7-13-5-2-1-3-6-13/h10-11,13-14,19,21H,1-9,12,20H2,(H,24,25)/b15-11+,19-10?/t14-/m1/s1. The number of carboxylic acid groups (broad SMARTS) is 1. The molecule has 0 bridgehead atoms. The van der Waals surface area contributed by atoms with Crippen LogP contribution in [0, 0.1) is 11.3 Å². The van der Waals surface area contributed by atoms with E-state index in [1.807, 2.05) is 0 Å². The lowest BCUT2D eigenvalue weighted by atomic mass is 9.84. The average Bonchev–Trinajstić information content (AvgIpc) is 3.14. The number of aliphatic carboxylic acids is 1. The second-order valence-electron chi connectivity index (χ2n) is 6.92. The van der Waals surface area contributed by atoms with Crippen molar-refractivity contribution in [2.45, 2.75) is 70.3 Å². The number of rotatable bonds is 12. The van der Waals surface area contributed by atoms with Crippen molar-refractivity contribution in [3.63, 3.8) is 0 Å². The fourth-order valence-electron chi connectivity index (χ4n) is 3.45. The minimum atomic E-state index is -0.852. The molecule has 150 valence electrons. The van der Waals surface area contributed by atoms with Crippen molar-refractivity contribution in [1.82, 2.24) is 14.9 Å². The Morgan fingerprint density at radius 3 is 2.89 bits per heavy atom. The van der Waals surface area contributed by atoms with Gasteiger partial charge < -0.3 is 20.8 Å². The molecule has 1 saturated carbocycles. The van der Waals surface area contributed by atoms with Crippen molar-refractivity contribution in [2.24, 2.45) is 11.7 Å². The normalized spacial score (nSPS) is 17.0. The van der Waals surface area contributed by atoms with E-state index in [1.165, 1.54) is 50.3 Å². The van der Waals surface area contributed by atoms with E-state index in [2.05, 4.69) is 14.9 Å². The molecule has 8 nitrogen and oxygen atoms in total. The molecule has 0 unspecified atom stereocenters. The second-order valence-corrected chi connectivity index (χ2v) is 7.88. The first kappa shape index (κ1) is 21.4. The Morgan fingerprint density at radius 2 is 2.22 bits per heavy atom. The number of hydrogen-bond acceptors (Lipinski definition) is 8. The molecule has 9 heteroatoms. The molecule has 0 amide bonds. The quantitative estimate of drug-likeness (QED) is 0.311. The Balaban J connectivity index is 1.84. The Kier molecular flexibility index (Phi) is 9.34. The second kappa shape index (κ2) is 11.8. The predicted molar refractivity (Wildman–Crippen MR) is 105 cm³/mol. The van der Waals surface area contributed by atoms with Crippen molar-refractivity contribution in [2.75, 3.05) is 0 Å². The van der Waals surface area contributed by atoms with Gasteiger partial charge in [0.05, 0.1) is 17.9 Å². The molecule has 2 rings (SSSR count). The third-order valence-electron chi connectivity index (χ3n) is 4.87. The fourth-order valence-corrected chi connectivity index (χ4v) is 3.95. The number of hydrogen-bond donors (Lipinski definition) is 4. The number of nitrogens with one attached hydrogen (secondary N) is 2. The molecule has 0 aromatic carbocycles. The van der Waals surface area contributed by atoms with Crippen molar-refractivity contribution < 1.29 is 14.4 Å². The maximum Gasteiger partial charge on any atom is 0.304 e. The first-order valence-electron chi connectivity index (χ1n) is 9.48. The monoisotopic (exact) mass is 395 g/mol. The van der Waals surface area contributed by atoms with E-state index in [0.29, 0.717) is 23.2 Å². The smallest absolute Gasteiger partial charge is 0.304 e. The van der Waals surface area contributed by atoms with Gasteiger partial charge in [0.1, 0.15) is 0 Å². The van der Waals surface area contributed by atoms with Gasteiger partial charge in [0.15, 0.2) is 5.82 Å². The van der Waals surface area contributed by atoms with Crippen LogP contribution in [0.4, 0.5) is 0 Å². The summed E-state index contributed by atoms with van der Waals surface area (Å²) in [5, 5.41) is 20.3. The van der Waals surface area contributed by atoms with Gasteiger partial charge in [-0.25, -0.2) is 0 Å². The van der Waals surface area contributed by atoms with Crippen LogP contribution in [0.5, 0.6) is 0 Å². The number of nitrogens with zero attached hydrogens (tertiary/aromatic N) is 2. The summed E-state index contributed by atoms with van der Waals surface area (Å²) in [6.07, 6.45) is 11.9. The highest BCUT2D eigenvalue weighted by atomic mass is 32.2. The van der Waals surface area contributed by atoms with E-state index in [0.717, 1.165) is 31.4 Å². The number of aromatic nitrogens is 2. The Bertz CT molecular complexity index is 628. The highest BCUT2D eigenvalue weighted by molar-refractivity contribution is 8.02. The number of carboxylic acids is 1. The van der Waals surface area contributed by atoms with Crippen molar-refractivity contribution in [3.05, 3.63) is 22.8 Å². The van der Waals surface area contributed by atoms with Crippen LogP contribution in [0.1, 0.15) is 75.4 Å². The zero-order valence-electron chi connectivity index (χ0n) is 15.5. The van der Waals surface area contributed by atoms with E-state index in [9.17, 15) is 9.90 Å². The molecular formula is C18H29N5O3S. The minimum Gasteiger partial charge on any atom is -0.481 e. The highest BCUT2D eigenvalue weighted by Gasteiger charge is 2.23. The summed E-state index contributed by atoms with van der Waals surface area (Å²) in [7, 11) is 0. The summed E-state index contributed by atoms with van der Waals surface area (Å²) < 4.78 is 8.32. The van der Waals surface area contributed by atoms with Gasteiger partial charge in [-0.2, -0.15) is 4.98 Å². The van der Waals surface area contributed by atoms with Gasteiger partial charge in [0, 0.05) is 18.3 Å². The van der Waals surface area contributed by atoms with Gasteiger partial charge in [-0.1, -0.05) is 50.1 Å². The summed E-state index contributed by atoms with van der Waals surface area (Å²) in [4.78, 5) is 16.2. The molecule has 5 N–H and O–H groups in total. The van der Waals surface area contributed by atoms with E-state index in [-0.39, 0.29) is 12.3 Å². The molecule has 1 aromatic heterocycles. The van der Waals surface area contributed by atoms with Crippen LogP contribution in [-0.4, -0.2) is 27.4 Å². The van der Waals surface area contributed by atoms with Crippen LogP contribution in [0.2, 0.25) is 0 Å². The van der Waals surface area contributed by atoms with Crippen molar-refractivity contribution >= 4 is 24.1 Å². The number of nitrogens with two attached hydrogens (primary N) is 1. The van der Waals surface area contributed by atoms with Gasteiger partial charge in [-0.15, -0.1) is 0 Å². The molecule has 0 aliphatic heterocycles. The lowest BCUT2D eigenvalue weighted by Gasteiger charge is -2.21. The maximum absolute atomic E-state index is 11.2. The van der Waals surface area contributed by atoms with Gasteiger partial charge in [0.2, 0.25) is 5.89 Å². The van der Waals surface area contributed by atoms with Gasteiger partial charge >= 0.3 is 5.97 Å². The minimum absolute atomic E-state index is 0.00232. The largest absolute Gasteiger partial charge is 0.481 e. The molecule has 0 saturated heterocycles. The molecule has 0 spiro atoms. The molecule has 0 radical (unpaired) electrons. The molecule has 1 fully saturated rings. The van der Waals surface area contributed by atoms with Gasteiger partial charge in [-0.05, 0) is 24.3 Å². The van der Waals surface area contributed by atoms with E-state index < -0.39 is 5.97 Å². The topological polar surface area (TPSA) is 138 Å². The predicted octanol–water partition coefficient (Wildman–Crippen LogP) is 3.57. The van der Waals surface area contributed by atoms with Crippen LogP contribution >= 0.6 is 11.9 Å². The summed E-state index contributed by atoms with van der Waals surface area (Å²) >= 11 is 1.20. The fraction of sp³-hybridized carbons (Fsp3) is 0.667. The van der Waals surface area contributed by atoms with Crippen LogP contribution in [-0.2, 0) is 11.3 Å². The molecule has 1 aromatic rings. The zero-order chi connectivity index (χ0) is 19.5. The SMILES string of the molecule is N=C/C(=C\N)SNCc1noc([C@H](CCCC2CCCCC2)CC(=O)O)n1. The number of allylic oxidation sites excluding steroid dienone is 1. The molecular weight excluding hydrogens is 366 g/mol. The summed E-state index contributed by atoms with van der Waals surface area (Å²) in [5.41, 5.74) is 5.37. The Morgan fingerprint density at radius 1 is 1.44 bits per heavy atom. The van der Waals surface area contributed by atoms with Crippen LogP contribution in [0.15, 0.2) is 15.6 Å². The van der Waals surface area contributed by atoms with Crippen LogP contribution in [0.3, 0.4) is 0 Å². The third-order valence-corrected chi connectivity index (χ3v) is 5.65. The average molecular weight is 396 g/mol.